The molecule has 25 heavy (non-hydrogen) atoms. The van der Waals surface area contributed by atoms with Gasteiger partial charge in [0.05, 0.1) is 12.6 Å². The number of carboxylic acids is 1. The SMILES string of the molecule is CCOc1ccc(C(c2ccccc2)N2CCCCC2C(=O)O)cc1. The van der Waals surface area contributed by atoms with Crippen molar-refractivity contribution in [2.45, 2.75) is 38.3 Å². The standard InChI is InChI=1S/C21H25NO3/c1-2-25-18-13-11-17(12-14-18)20(16-8-4-3-5-9-16)22-15-7-6-10-19(22)21(23)24/h3-5,8-9,11-14,19-20H,2,6-7,10,15H2,1H3,(H,23,24). The third kappa shape index (κ3) is 4.02. The highest BCUT2D eigenvalue weighted by Crippen LogP contribution is 2.34. The van der Waals surface area contributed by atoms with Crippen LogP contribution in [0.3, 0.4) is 0 Å². The lowest BCUT2D eigenvalue weighted by Crippen LogP contribution is -2.46. The van der Waals surface area contributed by atoms with Crippen molar-refractivity contribution in [3.05, 3.63) is 65.7 Å². The largest absolute Gasteiger partial charge is 0.494 e. The Labute approximate surface area is 149 Å². The maximum Gasteiger partial charge on any atom is 0.320 e. The average Bonchev–Trinajstić information content (AvgIpc) is 2.65. The Balaban J connectivity index is 1.99. The predicted octanol–water partition coefficient (Wildman–Crippen LogP) is 4.11. The third-order valence-electron chi connectivity index (χ3n) is 4.78. The second-order valence-corrected chi connectivity index (χ2v) is 6.40. The van der Waals surface area contributed by atoms with Crippen LogP contribution in [0.5, 0.6) is 5.75 Å². The summed E-state index contributed by atoms with van der Waals surface area (Å²) in [5.74, 6) is 0.109. The molecule has 1 N–H and O–H groups in total. The minimum Gasteiger partial charge on any atom is -0.494 e. The number of benzene rings is 2. The molecule has 2 atom stereocenters. The number of hydrogen-bond donors (Lipinski definition) is 1. The van der Waals surface area contributed by atoms with E-state index in [0.29, 0.717) is 13.0 Å². The van der Waals surface area contributed by atoms with Crippen molar-refractivity contribution >= 4 is 5.97 Å². The molecule has 0 aliphatic carbocycles. The van der Waals surface area contributed by atoms with E-state index < -0.39 is 12.0 Å². The molecule has 3 rings (SSSR count). The molecule has 1 fully saturated rings. The molecule has 4 nitrogen and oxygen atoms in total. The maximum absolute atomic E-state index is 11.8. The highest BCUT2D eigenvalue weighted by molar-refractivity contribution is 5.73. The van der Waals surface area contributed by atoms with Gasteiger partial charge in [-0.25, -0.2) is 0 Å². The normalized spacial score (nSPS) is 19.3. The summed E-state index contributed by atoms with van der Waals surface area (Å²) in [6.07, 6.45) is 2.71. The summed E-state index contributed by atoms with van der Waals surface area (Å²) >= 11 is 0. The first-order valence-corrected chi connectivity index (χ1v) is 8.97. The molecule has 1 heterocycles. The average molecular weight is 339 g/mol. The molecule has 4 heteroatoms. The van der Waals surface area contributed by atoms with Crippen LogP contribution < -0.4 is 4.74 Å². The Morgan fingerprint density at radius 2 is 1.80 bits per heavy atom. The zero-order valence-electron chi connectivity index (χ0n) is 14.6. The van der Waals surface area contributed by atoms with Crippen LogP contribution in [-0.4, -0.2) is 35.2 Å². The highest BCUT2D eigenvalue weighted by atomic mass is 16.5. The van der Waals surface area contributed by atoms with E-state index in [1.165, 1.54) is 0 Å². The summed E-state index contributed by atoms with van der Waals surface area (Å²) in [7, 11) is 0. The van der Waals surface area contributed by atoms with Crippen LogP contribution in [0, 0.1) is 0 Å². The second kappa shape index (κ2) is 8.17. The number of nitrogens with zero attached hydrogens (tertiary/aromatic N) is 1. The Hall–Kier alpha value is -2.33. The molecule has 2 aromatic carbocycles. The topological polar surface area (TPSA) is 49.8 Å². The smallest absolute Gasteiger partial charge is 0.320 e. The number of carboxylic acid groups (broad SMARTS) is 1. The molecule has 0 bridgehead atoms. The van der Waals surface area contributed by atoms with Crippen molar-refractivity contribution in [2.75, 3.05) is 13.2 Å². The van der Waals surface area contributed by atoms with Crippen LogP contribution in [0.15, 0.2) is 54.6 Å². The van der Waals surface area contributed by atoms with Gasteiger partial charge in [0.2, 0.25) is 0 Å². The van der Waals surface area contributed by atoms with Gasteiger partial charge in [0.25, 0.3) is 0 Å². The molecule has 2 unspecified atom stereocenters. The van der Waals surface area contributed by atoms with Crippen LogP contribution in [0.1, 0.15) is 43.4 Å². The first kappa shape index (κ1) is 17.5. The van der Waals surface area contributed by atoms with E-state index in [9.17, 15) is 9.90 Å². The monoisotopic (exact) mass is 339 g/mol. The highest BCUT2D eigenvalue weighted by Gasteiger charge is 2.34. The molecule has 1 aliphatic rings. The molecular formula is C21H25NO3. The summed E-state index contributed by atoms with van der Waals surface area (Å²) in [4.78, 5) is 13.9. The van der Waals surface area contributed by atoms with Crippen molar-refractivity contribution in [2.24, 2.45) is 0 Å². The fourth-order valence-electron chi connectivity index (χ4n) is 3.65. The minimum atomic E-state index is -0.730. The van der Waals surface area contributed by atoms with Gasteiger partial charge in [-0.1, -0.05) is 48.9 Å². The lowest BCUT2D eigenvalue weighted by molar-refractivity contribution is -0.145. The molecule has 0 amide bonds. The minimum absolute atomic E-state index is 0.0572. The van der Waals surface area contributed by atoms with Crippen molar-refractivity contribution in [1.82, 2.24) is 4.90 Å². The number of ether oxygens (including phenoxy) is 1. The van der Waals surface area contributed by atoms with Gasteiger partial charge in [-0.2, -0.15) is 0 Å². The Morgan fingerprint density at radius 1 is 1.12 bits per heavy atom. The molecular weight excluding hydrogens is 314 g/mol. The van der Waals surface area contributed by atoms with E-state index in [2.05, 4.69) is 29.2 Å². The van der Waals surface area contributed by atoms with Crippen molar-refractivity contribution in [1.29, 1.82) is 0 Å². The van der Waals surface area contributed by atoms with E-state index in [1.807, 2.05) is 37.3 Å². The van der Waals surface area contributed by atoms with E-state index in [-0.39, 0.29) is 6.04 Å². The van der Waals surface area contributed by atoms with Gasteiger partial charge >= 0.3 is 5.97 Å². The van der Waals surface area contributed by atoms with Gasteiger partial charge in [0.15, 0.2) is 0 Å². The number of carbonyl (C=O) groups is 1. The number of likely N-dealkylation sites (tertiary alicyclic amines) is 1. The molecule has 1 saturated heterocycles. The number of hydrogen-bond acceptors (Lipinski definition) is 3. The zero-order chi connectivity index (χ0) is 17.6. The van der Waals surface area contributed by atoms with Gasteiger partial charge < -0.3 is 9.84 Å². The fraction of sp³-hybridized carbons (Fsp3) is 0.381. The van der Waals surface area contributed by atoms with Crippen LogP contribution in [0.2, 0.25) is 0 Å². The molecule has 0 radical (unpaired) electrons. The maximum atomic E-state index is 11.8. The van der Waals surface area contributed by atoms with Gasteiger partial charge in [-0.3, -0.25) is 9.69 Å². The Kier molecular flexibility index (Phi) is 5.71. The van der Waals surface area contributed by atoms with E-state index in [0.717, 1.165) is 36.3 Å². The van der Waals surface area contributed by atoms with Crippen molar-refractivity contribution < 1.29 is 14.6 Å². The van der Waals surface area contributed by atoms with E-state index >= 15 is 0 Å². The first-order valence-electron chi connectivity index (χ1n) is 8.97. The summed E-state index contributed by atoms with van der Waals surface area (Å²) in [6.45, 7) is 3.39. The summed E-state index contributed by atoms with van der Waals surface area (Å²) < 4.78 is 5.54. The van der Waals surface area contributed by atoms with Crippen molar-refractivity contribution in [3.8, 4) is 5.75 Å². The molecule has 132 valence electrons. The van der Waals surface area contributed by atoms with Crippen LogP contribution in [0.25, 0.3) is 0 Å². The molecule has 0 spiro atoms. The van der Waals surface area contributed by atoms with Crippen LogP contribution in [0.4, 0.5) is 0 Å². The first-order chi connectivity index (χ1) is 12.2. The van der Waals surface area contributed by atoms with E-state index in [1.54, 1.807) is 0 Å². The third-order valence-corrected chi connectivity index (χ3v) is 4.78. The summed E-state index contributed by atoms with van der Waals surface area (Å²) in [5, 5.41) is 9.70. The van der Waals surface area contributed by atoms with Gasteiger partial charge in [-0.15, -0.1) is 0 Å². The fourth-order valence-corrected chi connectivity index (χ4v) is 3.65. The lowest BCUT2D eigenvalue weighted by atomic mass is 9.91. The van der Waals surface area contributed by atoms with Crippen LogP contribution in [-0.2, 0) is 4.79 Å². The summed E-state index contributed by atoms with van der Waals surface area (Å²) in [6, 6.07) is 17.7. The van der Waals surface area contributed by atoms with Gasteiger partial charge in [0.1, 0.15) is 11.8 Å². The number of piperidine rings is 1. The lowest BCUT2D eigenvalue weighted by Gasteiger charge is -2.39. The summed E-state index contributed by atoms with van der Waals surface area (Å²) in [5.41, 5.74) is 2.22. The second-order valence-electron chi connectivity index (χ2n) is 6.40. The molecule has 2 aromatic rings. The Bertz CT molecular complexity index is 684. The van der Waals surface area contributed by atoms with E-state index in [4.69, 9.17) is 4.74 Å². The molecule has 0 saturated carbocycles. The van der Waals surface area contributed by atoms with Crippen molar-refractivity contribution in [3.63, 3.8) is 0 Å². The van der Waals surface area contributed by atoms with Crippen LogP contribution >= 0.6 is 0 Å². The van der Waals surface area contributed by atoms with Gasteiger partial charge in [0, 0.05) is 0 Å². The zero-order valence-corrected chi connectivity index (χ0v) is 14.6. The predicted molar refractivity (Wildman–Crippen MR) is 97.9 cm³/mol. The Morgan fingerprint density at radius 3 is 2.44 bits per heavy atom. The number of rotatable bonds is 6. The van der Waals surface area contributed by atoms with Gasteiger partial charge in [-0.05, 0) is 49.6 Å². The molecule has 1 aliphatic heterocycles. The number of aliphatic carboxylic acids is 1. The molecule has 0 aromatic heterocycles. The quantitative estimate of drug-likeness (QED) is 0.860.